The Hall–Kier alpha value is -3.33. The van der Waals surface area contributed by atoms with Gasteiger partial charge in [-0.3, -0.25) is 4.99 Å². The number of aromatic nitrogens is 2. The zero-order chi connectivity index (χ0) is 22.1. The van der Waals surface area contributed by atoms with Crippen molar-refractivity contribution in [1.82, 2.24) is 9.55 Å². The molecule has 0 atom stereocenters. The van der Waals surface area contributed by atoms with Crippen LogP contribution in [0.2, 0.25) is 5.02 Å². The number of nitrogens with one attached hydrogen (secondary N) is 1. The molecule has 0 spiro atoms. The highest BCUT2D eigenvalue weighted by Gasteiger charge is 2.28. The zero-order valence-electron chi connectivity index (χ0n) is 16.3. The SMILES string of the molecule is Cn1ccnc1CN=C1Cc2c(/C(Cc3ccc(F)c(Cl)c3)=N/O)cc(F)c(F)c2N1. The van der Waals surface area contributed by atoms with E-state index in [0.29, 0.717) is 22.8 Å². The van der Waals surface area contributed by atoms with E-state index in [1.54, 1.807) is 12.4 Å². The van der Waals surface area contributed by atoms with Crippen LogP contribution in [0.5, 0.6) is 0 Å². The molecule has 0 aliphatic carbocycles. The minimum atomic E-state index is -1.09. The van der Waals surface area contributed by atoms with Crippen LogP contribution in [0.4, 0.5) is 18.9 Å². The molecule has 160 valence electrons. The number of anilines is 1. The number of hydrogen-bond donors (Lipinski definition) is 2. The van der Waals surface area contributed by atoms with E-state index >= 15 is 0 Å². The zero-order valence-corrected chi connectivity index (χ0v) is 17.1. The Morgan fingerprint density at radius 2 is 2.06 bits per heavy atom. The number of aryl methyl sites for hydroxylation is 1. The summed E-state index contributed by atoms with van der Waals surface area (Å²) in [5, 5.41) is 15.6. The van der Waals surface area contributed by atoms with E-state index in [0.717, 1.165) is 6.07 Å². The molecule has 3 aromatic rings. The molecule has 0 bridgehead atoms. The number of hydrogen-bond acceptors (Lipinski definition) is 4. The molecule has 0 amide bonds. The third-order valence-electron chi connectivity index (χ3n) is 5.06. The molecular formula is C21H17ClF3N5O. The third-order valence-corrected chi connectivity index (χ3v) is 5.35. The second-order valence-corrected chi connectivity index (χ2v) is 7.47. The number of rotatable bonds is 5. The Balaban J connectivity index is 1.66. The van der Waals surface area contributed by atoms with Crippen molar-refractivity contribution in [3.63, 3.8) is 0 Å². The van der Waals surface area contributed by atoms with Gasteiger partial charge in [0.25, 0.3) is 0 Å². The first-order valence-electron chi connectivity index (χ1n) is 9.30. The molecule has 0 fully saturated rings. The molecule has 31 heavy (non-hydrogen) atoms. The molecule has 0 unspecified atom stereocenters. The van der Waals surface area contributed by atoms with Gasteiger partial charge in [-0.1, -0.05) is 22.8 Å². The van der Waals surface area contributed by atoms with Crippen molar-refractivity contribution in [3.8, 4) is 0 Å². The van der Waals surface area contributed by atoms with E-state index in [4.69, 9.17) is 11.6 Å². The number of amidine groups is 1. The monoisotopic (exact) mass is 447 g/mol. The van der Waals surface area contributed by atoms with E-state index in [1.165, 1.54) is 18.2 Å². The van der Waals surface area contributed by atoms with Crippen molar-refractivity contribution in [2.75, 3.05) is 5.32 Å². The summed E-state index contributed by atoms with van der Waals surface area (Å²) >= 11 is 5.81. The molecular weight excluding hydrogens is 431 g/mol. The van der Waals surface area contributed by atoms with Crippen LogP contribution >= 0.6 is 11.6 Å². The number of nitrogens with zero attached hydrogens (tertiary/aromatic N) is 4. The summed E-state index contributed by atoms with van der Waals surface area (Å²) < 4.78 is 44.0. The molecule has 2 heterocycles. The minimum absolute atomic E-state index is 0.0355. The lowest BCUT2D eigenvalue weighted by atomic mass is 9.95. The standard InChI is InChI=1S/C21H17ClF3N5O/c1-30-5-4-26-19(30)10-27-18-9-13-12(8-16(24)20(25)21(13)28-18)17(29-31)7-11-2-3-15(23)14(22)6-11/h2-6,8,31H,7,9-10H2,1H3,(H,27,28)/b29-17+. The van der Waals surface area contributed by atoms with Gasteiger partial charge in [-0.25, -0.2) is 18.2 Å². The second-order valence-electron chi connectivity index (χ2n) is 7.06. The second kappa shape index (κ2) is 8.43. The van der Waals surface area contributed by atoms with Crippen LogP contribution in [0.15, 0.2) is 46.8 Å². The summed E-state index contributed by atoms with van der Waals surface area (Å²) in [4.78, 5) is 8.60. The fraction of sp³-hybridized carbons (Fsp3) is 0.190. The molecule has 0 saturated heterocycles. The molecule has 4 rings (SSSR count). The van der Waals surface area contributed by atoms with E-state index in [-0.39, 0.29) is 41.4 Å². The lowest BCUT2D eigenvalue weighted by Gasteiger charge is -2.11. The summed E-state index contributed by atoms with van der Waals surface area (Å²) in [7, 11) is 1.83. The lowest BCUT2D eigenvalue weighted by Crippen LogP contribution is -2.10. The Bertz CT molecular complexity index is 1220. The van der Waals surface area contributed by atoms with Crippen molar-refractivity contribution >= 4 is 28.8 Å². The van der Waals surface area contributed by atoms with Gasteiger partial charge in [-0.2, -0.15) is 0 Å². The van der Waals surface area contributed by atoms with Gasteiger partial charge >= 0.3 is 0 Å². The van der Waals surface area contributed by atoms with Gasteiger partial charge in [0.1, 0.15) is 17.5 Å². The summed E-state index contributed by atoms with van der Waals surface area (Å²) in [6.07, 6.45) is 3.65. The minimum Gasteiger partial charge on any atom is -0.411 e. The molecule has 2 aromatic carbocycles. The lowest BCUT2D eigenvalue weighted by molar-refractivity contribution is 0.318. The van der Waals surface area contributed by atoms with Crippen LogP contribution in [-0.2, 0) is 26.4 Å². The molecule has 1 aliphatic rings. The Labute approximate surface area is 180 Å². The molecule has 2 N–H and O–H groups in total. The molecule has 0 saturated carbocycles. The van der Waals surface area contributed by atoms with Crippen molar-refractivity contribution in [3.05, 3.63) is 81.6 Å². The van der Waals surface area contributed by atoms with E-state index in [2.05, 4.69) is 20.4 Å². The number of imidazole rings is 1. The summed E-state index contributed by atoms with van der Waals surface area (Å²) in [6, 6.07) is 5.04. The Morgan fingerprint density at radius 1 is 1.26 bits per heavy atom. The fourth-order valence-corrected chi connectivity index (χ4v) is 3.63. The molecule has 0 radical (unpaired) electrons. The van der Waals surface area contributed by atoms with Crippen molar-refractivity contribution in [1.29, 1.82) is 0 Å². The van der Waals surface area contributed by atoms with Gasteiger partial charge in [0, 0.05) is 37.8 Å². The topological polar surface area (TPSA) is 74.8 Å². The van der Waals surface area contributed by atoms with Crippen molar-refractivity contribution in [2.24, 2.45) is 17.2 Å². The maximum Gasteiger partial charge on any atom is 0.182 e. The van der Waals surface area contributed by atoms with Crippen LogP contribution < -0.4 is 5.32 Å². The fourth-order valence-electron chi connectivity index (χ4n) is 3.43. The van der Waals surface area contributed by atoms with Gasteiger partial charge in [0.05, 0.1) is 23.0 Å². The Morgan fingerprint density at radius 3 is 2.74 bits per heavy atom. The summed E-state index contributed by atoms with van der Waals surface area (Å²) in [6.45, 7) is 0.258. The van der Waals surface area contributed by atoms with E-state index < -0.39 is 17.5 Å². The predicted molar refractivity (Wildman–Crippen MR) is 111 cm³/mol. The summed E-state index contributed by atoms with van der Waals surface area (Å²) in [5.74, 6) is -1.57. The largest absolute Gasteiger partial charge is 0.411 e. The van der Waals surface area contributed by atoms with Crippen LogP contribution in [0.25, 0.3) is 0 Å². The maximum atomic E-state index is 14.5. The highest BCUT2D eigenvalue weighted by atomic mass is 35.5. The maximum absolute atomic E-state index is 14.5. The third kappa shape index (κ3) is 4.13. The van der Waals surface area contributed by atoms with Crippen LogP contribution in [-0.4, -0.2) is 26.3 Å². The smallest absolute Gasteiger partial charge is 0.182 e. The Kier molecular flexibility index (Phi) is 5.69. The molecule has 1 aliphatic heterocycles. The first-order valence-corrected chi connectivity index (χ1v) is 9.67. The average molecular weight is 448 g/mol. The van der Waals surface area contributed by atoms with E-state index in [9.17, 15) is 18.4 Å². The molecule has 10 heteroatoms. The normalized spacial score (nSPS) is 14.7. The van der Waals surface area contributed by atoms with Gasteiger partial charge in [-0.05, 0) is 29.3 Å². The summed E-state index contributed by atoms with van der Waals surface area (Å²) in [5.41, 5.74) is 1.23. The quantitative estimate of drug-likeness (QED) is 0.344. The number of oxime groups is 1. The van der Waals surface area contributed by atoms with Gasteiger partial charge < -0.3 is 15.1 Å². The van der Waals surface area contributed by atoms with Gasteiger partial charge in [0.15, 0.2) is 11.6 Å². The van der Waals surface area contributed by atoms with Crippen molar-refractivity contribution in [2.45, 2.75) is 19.4 Å². The first kappa shape index (κ1) is 20.9. The number of fused-ring (bicyclic) bond motifs is 1. The predicted octanol–water partition coefficient (Wildman–Crippen LogP) is 4.48. The first-order chi connectivity index (χ1) is 14.9. The number of aliphatic imine (C=N–C) groups is 1. The number of halogens is 4. The van der Waals surface area contributed by atoms with Gasteiger partial charge in [-0.15, -0.1) is 0 Å². The van der Waals surface area contributed by atoms with Crippen LogP contribution in [0.1, 0.15) is 22.5 Å². The number of benzene rings is 2. The van der Waals surface area contributed by atoms with Crippen LogP contribution in [0.3, 0.4) is 0 Å². The van der Waals surface area contributed by atoms with Gasteiger partial charge in [0.2, 0.25) is 0 Å². The molecule has 6 nitrogen and oxygen atoms in total. The highest BCUT2D eigenvalue weighted by Crippen LogP contribution is 2.33. The molecule has 1 aromatic heterocycles. The van der Waals surface area contributed by atoms with E-state index in [1.807, 2.05) is 11.6 Å². The van der Waals surface area contributed by atoms with Crippen LogP contribution in [0, 0.1) is 17.5 Å². The highest BCUT2D eigenvalue weighted by molar-refractivity contribution is 6.30. The average Bonchev–Trinajstić information content (AvgIpc) is 3.36. The van der Waals surface area contributed by atoms with Crippen molar-refractivity contribution < 1.29 is 18.4 Å².